The molecule has 2 saturated heterocycles. The van der Waals surface area contributed by atoms with Crippen LogP contribution in [0.1, 0.15) is 47.5 Å². The minimum Gasteiger partial charge on any atom is -0.428 e. The molecule has 1 unspecified atom stereocenters. The highest BCUT2D eigenvalue weighted by molar-refractivity contribution is 5.81. The summed E-state index contributed by atoms with van der Waals surface area (Å²) in [6, 6.07) is 0. The van der Waals surface area contributed by atoms with Crippen LogP contribution in [0.4, 0.5) is 9.59 Å². The van der Waals surface area contributed by atoms with Gasteiger partial charge in [-0.05, 0) is 58.5 Å². The first kappa shape index (κ1) is 20.0. The van der Waals surface area contributed by atoms with E-state index in [1.807, 2.05) is 0 Å². The van der Waals surface area contributed by atoms with E-state index < -0.39 is 17.8 Å². The number of rotatable bonds is 2. The zero-order valence-electron chi connectivity index (χ0n) is 16.2. The summed E-state index contributed by atoms with van der Waals surface area (Å²) >= 11 is 0. The van der Waals surface area contributed by atoms with Crippen molar-refractivity contribution in [3.8, 4) is 0 Å². The molecule has 25 heavy (non-hydrogen) atoms. The van der Waals surface area contributed by atoms with Crippen LogP contribution in [-0.2, 0) is 9.47 Å². The zero-order chi connectivity index (χ0) is 18.7. The van der Waals surface area contributed by atoms with Crippen molar-refractivity contribution in [2.24, 2.45) is 11.8 Å². The fourth-order valence-corrected chi connectivity index (χ4v) is 4.12. The third-order valence-corrected chi connectivity index (χ3v) is 5.25. The van der Waals surface area contributed by atoms with E-state index in [1.165, 1.54) is 0 Å². The maximum Gasteiger partial charge on any atom is 0.517 e. The van der Waals surface area contributed by atoms with Crippen LogP contribution in [0.25, 0.3) is 0 Å². The summed E-state index contributed by atoms with van der Waals surface area (Å²) in [6.07, 6.45) is 0.494. The number of amides is 1. The summed E-state index contributed by atoms with van der Waals surface area (Å²) in [5, 5.41) is 6.83. The SMILES string of the molecule is CC(C)C1(C2CCNCC2)CNCCN1C(=O)OC(=O)OC(C)(C)C. The molecule has 144 valence electrons. The zero-order valence-corrected chi connectivity index (χ0v) is 16.2. The fourth-order valence-electron chi connectivity index (χ4n) is 4.12. The van der Waals surface area contributed by atoms with E-state index in [0.717, 1.165) is 32.5 Å². The third-order valence-electron chi connectivity index (χ3n) is 5.25. The van der Waals surface area contributed by atoms with E-state index in [4.69, 9.17) is 9.47 Å². The maximum absolute atomic E-state index is 12.8. The number of hydrogen-bond donors (Lipinski definition) is 2. The molecule has 2 heterocycles. The molecule has 0 aromatic carbocycles. The van der Waals surface area contributed by atoms with Crippen molar-refractivity contribution in [3.63, 3.8) is 0 Å². The van der Waals surface area contributed by atoms with Gasteiger partial charge in [0.15, 0.2) is 0 Å². The molecule has 2 N–H and O–H groups in total. The first-order chi connectivity index (χ1) is 11.7. The van der Waals surface area contributed by atoms with Crippen molar-refractivity contribution in [1.82, 2.24) is 15.5 Å². The van der Waals surface area contributed by atoms with Crippen LogP contribution in [0.5, 0.6) is 0 Å². The maximum atomic E-state index is 12.8. The quantitative estimate of drug-likeness (QED) is 0.585. The first-order valence-corrected chi connectivity index (χ1v) is 9.30. The lowest BCUT2D eigenvalue weighted by Gasteiger charge is -2.54. The van der Waals surface area contributed by atoms with Crippen LogP contribution < -0.4 is 10.6 Å². The number of nitrogens with one attached hydrogen (secondary N) is 2. The molecule has 0 bridgehead atoms. The molecule has 0 spiro atoms. The second-order valence-electron chi connectivity index (χ2n) is 8.33. The van der Waals surface area contributed by atoms with E-state index in [-0.39, 0.29) is 11.5 Å². The Labute approximate surface area is 150 Å². The molecule has 0 aromatic rings. The average molecular weight is 355 g/mol. The summed E-state index contributed by atoms with van der Waals surface area (Å²) in [4.78, 5) is 26.5. The molecule has 7 nitrogen and oxygen atoms in total. The van der Waals surface area contributed by atoms with Gasteiger partial charge in [0.05, 0.1) is 5.54 Å². The van der Waals surface area contributed by atoms with Gasteiger partial charge in [-0.15, -0.1) is 0 Å². The summed E-state index contributed by atoms with van der Waals surface area (Å²) in [6.45, 7) is 13.4. The van der Waals surface area contributed by atoms with Gasteiger partial charge >= 0.3 is 12.2 Å². The Balaban J connectivity index is 2.19. The number of carbonyl (C=O) groups excluding carboxylic acids is 2. The van der Waals surface area contributed by atoms with Gasteiger partial charge in [-0.1, -0.05) is 13.8 Å². The summed E-state index contributed by atoms with van der Waals surface area (Å²) in [5.41, 5.74) is -1.04. The van der Waals surface area contributed by atoms with Crippen LogP contribution >= 0.6 is 0 Å². The van der Waals surface area contributed by atoms with Crippen LogP contribution in [0.15, 0.2) is 0 Å². The standard InChI is InChI=1S/C18H33N3O4/c1-13(2)18(14-6-8-19-9-7-14)12-20-10-11-21(18)15(22)24-16(23)25-17(3,4)5/h13-14,19-20H,6-12H2,1-5H3. The van der Waals surface area contributed by atoms with Crippen LogP contribution in [0.2, 0.25) is 0 Å². The normalized spacial score (nSPS) is 25.8. The van der Waals surface area contributed by atoms with E-state index >= 15 is 0 Å². The van der Waals surface area contributed by atoms with Crippen LogP contribution in [-0.4, -0.2) is 61.0 Å². The first-order valence-electron chi connectivity index (χ1n) is 9.30. The van der Waals surface area contributed by atoms with Crippen molar-refractivity contribution in [2.45, 2.75) is 58.6 Å². The monoisotopic (exact) mass is 355 g/mol. The molecule has 7 heteroatoms. The molecular weight excluding hydrogens is 322 g/mol. The van der Waals surface area contributed by atoms with Crippen LogP contribution in [0.3, 0.4) is 0 Å². The molecule has 1 amide bonds. The molecule has 2 aliphatic heterocycles. The molecule has 0 aliphatic carbocycles. The number of piperidine rings is 1. The average Bonchev–Trinajstić information content (AvgIpc) is 2.53. The van der Waals surface area contributed by atoms with E-state index in [2.05, 4.69) is 24.5 Å². The van der Waals surface area contributed by atoms with Crippen molar-refractivity contribution in [2.75, 3.05) is 32.7 Å². The smallest absolute Gasteiger partial charge is 0.428 e. The molecule has 2 fully saturated rings. The summed E-state index contributed by atoms with van der Waals surface area (Å²) < 4.78 is 10.2. The lowest BCUT2D eigenvalue weighted by Crippen LogP contribution is -2.69. The van der Waals surface area contributed by atoms with Gasteiger partial charge in [-0.25, -0.2) is 9.59 Å². The predicted molar refractivity (Wildman–Crippen MR) is 95.5 cm³/mol. The molecule has 2 aliphatic rings. The van der Waals surface area contributed by atoms with Crippen LogP contribution in [0, 0.1) is 11.8 Å². The van der Waals surface area contributed by atoms with Gasteiger partial charge in [0.1, 0.15) is 5.60 Å². The second-order valence-corrected chi connectivity index (χ2v) is 8.33. The summed E-state index contributed by atoms with van der Waals surface area (Å²) in [5.74, 6) is 0.613. The van der Waals surface area contributed by atoms with Gasteiger partial charge in [0.25, 0.3) is 0 Å². The molecular formula is C18H33N3O4. The van der Waals surface area contributed by atoms with E-state index in [9.17, 15) is 9.59 Å². The summed E-state index contributed by atoms with van der Waals surface area (Å²) in [7, 11) is 0. The van der Waals surface area contributed by atoms with E-state index in [0.29, 0.717) is 19.0 Å². The highest BCUT2D eigenvalue weighted by Gasteiger charge is 2.50. The third kappa shape index (κ3) is 4.64. The Morgan fingerprint density at radius 2 is 1.76 bits per heavy atom. The highest BCUT2D eigenvalue weighted by Crippen LogP contribution is 2.39. The number of hydrogen-bond acceptors (Lipinski definition) is 6. The van der Waals surface area contributed by atoms with Gasteiger partial charge in [-0.3, -0.25) is 4.90 Å². The lowest BCUT2D eigenvalue weighted by molar-refractivity contribution is -0.0412. The minimum atomic E-state index is -0.931. The Kier molecular flexibility index (Phi) is 6.32. The number of ether oxygens (including phenoxy) is 2. The number of nitrogens with zero attached hydrogens (tertiary/aromatic N) is 1. The predicted octanol–water partition coefficient (Wildman–Crippen LogP) is 2.36. The molecule has 0 radical (unpaired) electrons. The Hall–Kier alpha value is -1.34. The topological polar surface area (TPSA) is 79.9 Å². The molecule has 2 rings (SSSR count). The van der Waals surface area contributed by atoms with Crippen molar-refractivity contribution in [1.29, 1.82) is 0 Å². The Bertz CT molecular complexity index is 483. The Morgan fingerprint density at radius 3 is 2.32 bits per heavy atom. The largest absolute Gasteiger partial charge is 0.517 e. The molecule has 0 saturated carbocycles. The molecule has 1 atom stereocenters. The van der Waals surface area contributed by atoms with Gasteiger partial charge in [-0.2, -0.15) is 0 Å². The highest BCUT2D eigenvalue weighted by atomic mass is 16.8. The second kappa shape index (κ2) is 7.91. The van der Waals surface area contributed by atoms with Gasteiger partial charge < -0.3 is 20.1 Å². The lowest BCUT2D eigenvalue weighted by atomic mass is 9.69. The number of piperazine rings is 1. The van der Waals surface area contributed by atoms with Gasteiger partial charge in [0, 0.05) is 19.6 Å². The van der Waals surface area contributed by atoms with Crippen molar-refractivity contribution in [3.05, 3.63) is 0 Å². The minimum absolute atomic E-state index is 0.245. The molecule has 0 aromatic heterocycles. The fraction of sp³-hybridized carbons (Fsp3) is 0.889. The Morgan fingerprint density at radius 1 is 1.12 bits per heavy atom. The van der Waals surface area contributed by atoms with Crippen molar-refractivity contribution >= 4 is 12.2 Å². The van der Waals surface area contributed by atoms with Gasteiger partial charge in [0.2, 0.25) is 0 Å². The van der Waals surface area contributed by atoms with E-state index in [1.54, 1.807) is 25.7 Å². The number of carbonyl (C=O) groups is 2. The van der Waals surface area contributed by atoms with Crippen molar-refractivity contribution < 1.29 is 19.1 Å².